The number of halogens is 2. The number of rotatable bonds is 2. The van der Waals surface area contributed by atoms with Gasteiger partial charge in [0.15, 0.2) is 0 Å². The van der Waals surface area contributed by atoms with Gasteiger partial charge < -0.3 is 5.11 Å². The van der Waals surface area contributed by atoms with Crippen LogP contribution in [0.15, 0.2) is 18.2 Å². The minimum absolute atomic E-state index is 0.245. The molecule has 2 aromatic rings. The lowest BCUT2D eigenvalue weighted by Crippen LogP contribution is -2.26. The summed E-state index contributed by atoms with van der Waals surface area (Å²) in [6.07, 6.45) is 1.40. The minimum atomic E-state index is -1.07. The Bertz CT molecular complexity index is 683. The van der Waals surface area contributed by atoms with Crippen LogP contribution in [0.2, 0.25) is 5.02 Å². The molecular formula is C15H16ClFN2O. The first kappa shape index (κ1) is 13.6. The molecule has 1 aliphatic rings. The van der Waals surface area contributed by atoms with Gasteiger partial charge in [-0.25, -0.2) is 4.39 Å². The molecule has 0 aliphatic heterocycles. The largest absolute Gasteiger partial charge is 0.385 e. The second-order valence-electron chi connectivity index (χ2n) is 5.44. The van der Waals surface area contributed by atoms with Crippen molar-refractivity contribution in [1.82, 2.24) is 9.78 Å². The highest BCUT2D eigenvalue weighted by molar-refractivity contribution is 6.31. The molecule has 0 fully saturated rings. The molecule has 1 atom stereocenters. The van der Waals surface area contributed by atoms with Crippen LogP contribution in [0.1, 0.15) is 28.9 Å². The number of aromatic nitrogens is 2. The first-order chi connectivity index (χ1) is 9.42. The molecule has 1 aromatic carbocycles. The summed E-state index contributed by atoms with van der Waals surface area (Å²) in [7, 11) is 1.80. The second kappa shape index (κ2) is 4.57. The molecule has 5 heteroatoms. The maximum atomic E-state index is 13.8. The lowest BCUT2D eigenvalue weighted by atomic mass is 9.90. The second-order valence-corrected chi connectivity index (χ2v) is 5.82. The van der Waals surface area contributed by atoms with Gasteiger partial charge in [0.1, 0.15) is 5.82 Å². The van der Waals surface area contributed by atoms with Crippen LogP contribution in [0, 0.1) is 12.7 Å². The van der Waals surface area contributed by atoms with Crippen molar-refractivity contribution in [2.45, 2.75) is 31.8 Å². The summed E-state index contributed by atoms with van der Waals surface area (Å²) in [5.74, 6) is -0.245. The zero-order valence-electron chi connectivity index (χ0n) is 11.5. The molecule has 0 bridgehead atoms. The monoisotopic (exact) mass is 294 g/mol. The van der Waals surface area contributed by atoms with Gasteiger partial charge in [-0.15, -0.1) is 0 Å². The van der Waals surface area contributed by atoms with Crippen molar-refractivity contribution in [2.75, 3.05) is 0 Å². The van der Waals surface area contributed by atoms with Crippen LogP contribution >= 0.6 is 11.6 Å². The van der Waals surface area contributed by atoms with E-state index in [4.69, 9.17) is 11.6 Å². The molecule has 20 heavy (non-hydrogen) atoms. The smallest absolute Gasteiger partial charge is 0.126 e. The Balaban J connectivity index is 2.02. The summed E-state index contributed by atoms with van der Waals surface area (Å²) in [6.45, 7) is 1.83. The van der Waals surface area contributed by atoms with Crippen molar-refractivity contribution in [3.05, 3.63) is 51.6 Å². The van der Waals surface area contributed by atoms with Gasteiger partial charge >= 0.3 is 0 Å². The van der Waals surface area contributed by atoms with E-state index in [9.17, 15) is 9.50 Å². The van der Waals surface area contributed by atoms with Crippen molar-refractivity contribution in [2.24, 2.45) is 7.05 Å². The fourth-order valence-corrected chi connectivity index (χ4v) is 3.27. The molecule has 0 saturated carbocycles. The van der Waals surface area contributed by atoms with Crippen LogP contribution in [0.25, 0.3) is 0 Å². The van der Waals surface area contributed by atoms with E-state index < -0.39 is 5.60 Å². The maximum absolute atomic E-state index is 13.8. The van der Waals surface area contributed by atoms with Gasteiger partial charge in [0.25, 0.3) is 0 Å². The molecular weight excluding hydrogens is 279 g/mol. The number of aliphatic hydroxyl groups is 1. The van der Waals surface area contributed by atoms with Crippen molar-refractivity contribution >= 4 is 11.6 Å². The van der Waals surface area contributed by atoms with Gasteiger partial charge in [-0.2, -0.15) is 5.10 Å². The van der Waals surface area contributed by atoms with Crippen molar-refractivity contribution in [1.29, 1.82) is 0 Å². The van der Waals surface area contributed by atoms with E-state index in [1.54, 1.807) is 23.9 Å². The summed E-state index contributed by atoms with van der Waals surface area (Å²) in [5, 5.41) is 15.7. The van der Waals surface area contributed by atoms with Crippen molar-refractivity contribution < 1.29 is 9.50 Å². The summed E-state index contributed by atoms with van der Waals surface area (Å²) in [5.41, 5.74) is 1.74. The molecule has 0 radical (unpaired) electrons. The lowest BCUT2D eigenvalue weighted by Gasteiger charge is -2.24. The summed E-state index contributed by atoms with van der Waals surface area (Å²) < 4.78 is 15.5. The summed E-state index contributed by atoms with van der Waals surface area (Å²) in [4.78, 5) is 0. The van der Waals surface area contributed by atoms with E-state index in [0.717, 1.165) is 11.4 Å². The topological polar surface area (TPSA) is 38.0 Å². The molecule has 106 valence electrons. The van der Waals surface area contributed by atoms with Crippen molar-refractivity contribution in [3.8, 4) is 0 Å². The molecule has 3 rings (SSSR count). The Hall–Kier alpha value is -1.39. The minimum Gasteiger partial charge on any atom is -0.385 e. The van der Waals surface area contributed by atoms with Gasteiger partial charge in [0.05, 0.1) is 22.0 Å². The fourth-order valence-electron chi connectivity index (χ4n) is 3.05. The highest BCUT2D eigenvalue weighted by Gasteiger charge is 2.39. The van der Waals surface area contributed by atoms with E-state index in [1.807, 2.05) is 6.92 Å². The van der Waals surface area contributed by atoms with E-state index >= 15 is 0 Å². The number of aryl methyl sites for hydroxylation is 2. The molecule has 3 nitrogen and oxygen atoms in total. The van der Waals surface area contributed by atoms with Crippen LogP contribution in [0.3, 0.4) is 0 Å². The Labute approximate surface area is 122 Å². The number of hydrogen-bond donors (Lipinski definition) is 1. The zero-order valence-corrected chi connectivity index (χ0v) is 12.2. The molecule has 0 amide bonds. The molecule has 1 heterocycles. The van der Waals surface area contributed by atoms with Crippen LogP contribution < -0.4 is 0 Å². The molecule has 1 aliphatic carbocycles. The maximum Gasteiger partial charge on any atom is 0.126 e. The van der Waals surface area contributed by atoms with E-state index in [1.165, 1.54) is 6.07 Å². The SMILES string of the molecule is Cc1nn(C)c(CC2(O)CCc3c(F)cccc32)c1Cl. The van der Waals surface area contributed by atoms with Gasteiger partial charge in [-0.1, -0.05) is 23.7 Å². The van der Waals surface area contributed by atoms with E-state index in [0.29, 0.717) is 35.4 Å². The summed E-state index contributed by atoms with van der Waals surface area (Å²) >= 11 is 6.24. The molecule has 1 aromatic heterocycles. The standard InChI is InChI=1S/C15H16ClFN2O/c1-9-14(16)13(19(2)18-9)8-15(20)7-6-10-11(15)4-3-5-12(10)17/h3-5,20H,6-8H2,1-2H3. The average molecular weight is 295 g/mol. The quantitative estimate of drug-likeness (QED) is 0.925. The average Bonchev–Trinajstić information content (AvgIpc) is 2.85. The predicted octanol–water partition coefficient (Wildman–Crippen LogP) is 2.90. The number of fused-ring (bicyclic) bond motifs is 1. The highest BCUT2D eigenvalue weighted by atomic mass is 35.5. The predicted molar refractivity (Wildman–Crippen MR) is 75.3 cm³/mol. The van der Waals surface area contributed by atoms with E-state index in [-0.39, 0.29) is 5.82 Å². The highest BCUT2D eigenvalue weighted by Crippen LogP contribution is 2.41. The Kier molecular flexibility index (Phi) is 3.10. The van der Waals surface area contributed by atoms with Crippen molar-refractivity contribution in [3.63, 3.8) is 0 Å². The Morgan fingerprint density at radius 3 is 2.90 bits per heavy atom. The normalized spacial score (nSPS) is 21.2. The van der Waals surface area contributed by atoms with Gasteiger partial charge in [0.2, 0.25) is 0 Å². The van der Waals surface area contributed by atoms with E-state index in [2.05, 4.69) is 5.10 Å². The van der Waals surface area contributed by atoms with Gasteiger partial charge in [-0.05, 0) is 37.0 Å². The van der Waals surface area contributed by atoms with Crippen LogP contribution in [-0.4, -0.2) is 14.9 Å². The zero-order chi connectivity index (χ0) is 14.5. The fraction of sp³-hybridized carbons (Fsp3) is 0.400. The third kappa shape index (κ3) is 1.95. The lowest BCUT2D eigenvalue weighted by molar-refractivity contribution is 0.0370. The molecule has 1 N–H and O–H groups in total. The van der Waals surface area contributed by atoms with Crippen LogP contribution in [-0.2, 0) is 25.5 Å². The van der Waals surface area contributed by atoms with Gasteiger partial charge in [0, 0.05) is 13.5 Å². The first-order valence-corrected chi connectivity index (χ1v) is 6.98. The Morgan fingerprint density at radius 1 is 1.50 bits per heavy atom. The number of hydrogen-bond acceptors (Lipinski definition) is 2. The Morgan fingerprint density at radius 2 is 2.25 bits per heavy atom. The third-order valence-corrected chi connectivity index (χ3v) is 4.62. The molecule has 1 unspecified atom stereocenters. The van der Waals surface area contributed by atoms with Gasteiger partial charge in [-0.3, -0.25) is 4.68 Å². The number of nitrogens with zero attached hydrogens (tertiary/aromatic N) is 2. The molecule has 0 saturated heterocycles. The first-order valence-electron chi connectivity index (χ1n) is 6.60. The third-order valence-electron chi connectivity index (χ3n) is 4.13. The van der Waals surface area contributed by atoms with Crippen LogP contribution in [0.5, 0.6) is 0 Å². The van der Waals surface area contributed by atoms with Crippen LogP contribution in [0.4, 0.5) is 4.39 Å². The molecule has 0 spiro atoms. The summed E-state index contributed by atoms with van der Waals surface area (Å²) in [6, 6.07) is 4.87. The number of benzene rings is 1.